The standard InChI is InChI=1S/C14H23BrN2O/c1-4-16-11(3)13-7-6-12(15)10-14(13)17(5-2)8-9-18/h6-7,10-11,16,18H,4-5,8-9H2,1-3H3. The zero-order valence-electron chi connectivity index (χ0n) is 11.4. The van der Waals surface area contributed by atoms with Crippen LogP contribution in [0.2, 0.25) is 0 Å². The summed E-state index contributed by atoms with van der Waals surface area (Å²) in [5.41, 5.74) is 2.46. The maximum absolute atomic E-state index is 9.16. The van der Waals surface area contributed by atoms with Crippen LogP contribution in [-0.4, -0.2) is 31.3 Å². The van der Waals surface area contributed by atoms with Gasteiger partial charge in [-0.2, -0.15) is 0 Å². The van der Waals surface area contributed by atoms with Crippen molar-refractivity contribution in [3.05, 3.63) is 28.2 Å². The maximum Gasteiger partial charge on any atom is 0.0606 e. The number of benzene rings is 1. The van der Waals surface area contributed by atoms with E-state index in [2.05, 4.69) is 65.1 Å². The molecule has 3 nitrogen and oxygen atoms in total. The number of aliphatic hydroxyl groups is 1. The monoisotopic (exact) mass is 314 g/mol. The van der Waals surface area contributed by atoms with E-state index in [4.69, 9.17) is 5.11 Å². The Balaban J connectivity index is 3.09. The molecule has 1 unspecified atom stereocenters. The minimum atomic E-state index is 0.176. The fourth-order valence-corrected chi connectivity index (χ4v) is 2.49. The number of likely N-dealkylation sites (N-methyl/N-ethyl adjacent to an activating group) is 1. The molecule has 102 valence electrons. The second-order valence-corrected chi connectivity index (χ2v) is 5.20. The van der Waals surface area contributed by atoms with Gasteiger partial charge in [-0.3, -0.25) is 0 Å². The highest BCUT2D eigenvalue weighted by atomic mass is 79.9. The quantitative estimate of drug-likeness (QED) is 0.812. The molecule has 1 rings (SSSR count). The first kappa shape index (κ1) is 15.5. The SMILES string of the molecule is CCNC(C)c1ccc(Br)cc1N(CC)CCO. The van der Waals surface area contributed by atoms with Crippen molar-refractivity contribution in [3.8, 4) is 0 Å². The van der Waals surface area contributed by atoms with Gasteiger partial charge >= 0.3 is 0 Å². The van der Waals surface area contributed by atoms with E-state index in [9.17, 15) is 0 Å². The molecule has 2 N–H and O–H groups in total. The predicted octanol–water partition coefficient (Wildman–Crippen LogP) is 2.94. The topological polar surface area (TPSA) is 35.5 Å². The Morgan fingerprint density at radius 3 is 2.67 bits per heavy atom. The molecular formula is C14H23BrN2O. The van der Waals surface area contributed by atoms with Crippen LogP contribution in [0.15, 0.2) is 22.7 Å². The van der Waals surface area contributed by atoms with Crippen molar-refractivity contribution in [1.29, 1.82) is 0 Å². The number of anilines is 1. The van der Waals surface area contributed by atoms with Crippen LogP contribution in [-0.2, 0) is 0 Å². The minimum Gasteiger partial charge on any atom is -0.395 e. The van der Waals surface area contributed by atoms with Gasteiger partial charge in [-0.15, -0.1) is 0 Å². The third kappa shape index (κ3) is 3.97. The molecule has 0 saturated carbocycles. The highest BCUT2D eigenvalue weighted by Crippen LogP contribution is 2.29. The van der Waals surface area contributed by atoms with Gasteiger partial charge in [0.15, 0.2) is 0 Å². The molecule has 0 amide bonds. The van der Waals surface area contributed by atoms with E-state index < -0.39 is 0 Å². The van der Waals surface area contributed by atoms with Gasteiger partial charge in [-0.25, -0.2) is 0 Å². The number of nitrogens with one attached hydrogen (secondary N) is 1. The molecule has 0 aliphatic heterocycles. The lowest BCUT2D eigenvalue weighted by atomic mass is 10.0. The number of nitrogens with zero attached hydrogens (tertiary/aromatic N) is 1. The number of hydrogen-bond donors (Lipinski definition) is 2. The lowest BCUT2D eigenvalue weighted by Crippen LogP contribution is -2.29. The molecule has 0 aliphatic rings. The molecule has 0 aliphatic carbocycles. The summed E-state index contributed by atoms with van der Waals surface area (Å²) in [6.07, 6.45) is 0. The van der Waals surface area contributed by atoms with Crippen molar-refractivity contribution in [2.75, 3.05) is 31.1 Å². The van der Waals surface area contributed by atoms with Crippen LogP contribution in [0.3, 0.4) is 0 Å². The first-order chi connectivity index (χ1) is 8.63. The van der Waals surface area contributed by atoms with Crippen LogP contribution < -0.4 is 10.2 Å². The first-order valence-electron chi connectivity index (χ1n) is 6.52. The highest BCUT2D eigenvalue weighted by molar-refractivity contribution is 9.10. The Labute approximate surface area is 118 Å². The summed E-state index contributed by atoms with van der Waals surface area (Å²) >= 11 is 3.52. The van der Waals surface area contributed by atoms with Gasteiger partial charge in [0.2, 0.25) is 0 Å². The molecule has 1 atom stereocenters. The van der Waals surface area contributed by atoms with Gasteiger partial charge < -0.3 is 15.3 Å². The van der Waals surface area contributed by atoms with Gasteiger partial charge in [0.25, 0.3) is 0 Å². The molecule has 0 bridgehead atoms. The van der Waals surface area contributed by atoms with E-state index in [1.54, 1.807) is 0 Å². The molecule has 0 heterocycles. The third-order valence-corrected chi connectivity index (χ3v) is 3.55. The minimum absolute atomic E-state index is 0.176. The second-order valence-electron chi connectivity index (χ2n) is 4.29. The largest absolute Gasteiger partial charge is 0.395 e. The zero-order valence-corrected chi connectivity index (χ0v) is 13.0. The Morgan fingerprint density at radius 2 is 2.11 bits per heavy atom. The summed E-state index contributed by atoms with van der Waals surface area (Å²) in [6.45, 7) is 9.07. The second kappa shape index (κ2) is 7.77. The smallest absolute Gasteiger partial charge is 0.0606 e. The van der Waals surface area contributed by atoms with Gasteiger partial charge in [0.05, 0.1) is 6.61 Å². The summed E-state index contributed by atoms with van der Waals surface area (Å²) in [4.78, 5) is 2.20. The number of halogens is 1. The van der Waals surface area contributed by atoms with Crippen LogP contribution >= 0.6 is 15.9 Å². The molecule has 1 aromatic rings. The fraction of sp³-hybridized carbons (Fsp3) is 0.571. The average Bonchev–Trinajstić information content (AvgIpc) is 2.36. The third-order valence-electron chi connectivity index (χ3n) is 3.06. The maximum atomic E-state index is 9.16. The molecule has 0 radical (unpaired) electrons. The zero-order chi connectivity index (χ0) is 13.5. The van der Waals surface area contributed by atoms with Crippen molar-refractivity contribution in [3.63, 3.8) is 0 Å². The summed E-state index contributed by atoms with van der Waals surface area (Å²) in [5.74, 6) is 0. The summed E-state index contributed by atoms with van der Waals surface area (Å²) in [7, 11) is 0. The molecule has 4 heteroatoms. The molecular weight excluding hydrogens is 292 g/mol. The summed E-state index contributed by atoms with van der Waals surface area (Å²) < 4.78 is 1.07. The Hall–Kier alpha value is -0.580. The van der Waals surface area contributed by atoms with Crippen molar-refractivity contribution < 1.29 is 5.11 Å². The van der Waals surface area contributed by atoms with Crippen LogP contribution in [0.1, 0.15) is 32.4 Å². The van der Waals surface area contributed by atoms with E-state index in [-0.39, 0.29) is 6.61 Å². The van der Waals surface area contributed by atoms with Crippen molar-refractivity contribution in [1.82, 2.24) is 5.32 Å². The molecule has 0 saturated heterocycles. The van der Waals surface area contributed by atoms with Crippen LogP contribution in [0, 0.1) is 0 Å². The summed E-state index contributed by atoms with van der Waals surface area (Å²) in [5, 5.41) is 12.6. The van der Waals surface area contributed by atoms with Gasteiger partial charge in [-0.05, 0) is 38.1 Å². The fourth-order valence-electron chi connectivity index (χ4n) is 2.14. The molecule has 0 fully saturated rings. The van der Waals surface area contributed by atoms with Gasteiger partial charge in [-0.1, -0.05) is 28.9 Å². The molecule has 0 aromatic heterocycles. The average molecular weight is 315 g/mol. The molecule has 0 spiro atoms. The Morgan fingerprint density at radius 1 is 1.39 bits per heavy atom. The first-order valence-corrected chi connectivity index (χ1v) is 7.31. The van der Waals surface area contributed by atoms with E-state index in [0.717, 1.165) is 17.6 Å². The van der Waals surface area contributed by atoms with Crippen molar-refractivity contribution in [2.24, 2.45) is 0 Å². The van der Waals surface area contributed by atoms with Gasteiger partial charge in [0, 0.05) is 29.3 Å². The van der Waals surface area contributed by atoms with Crippen LogP contribution in [0.4, 0.5) is 5.69 Å². The van der Waals surface area contributed by atoms with Crippen molar-refractivity contribution in [2.45, 2.75) is 26.8 Å². The lowest BCUT2D eigenvalue weighted by molar-refractivity contribution is 0.302. The van der Waals surface area contributed by atoms with E-state index >= 15 is 0 Å². The lowest BCUT2D eigenvalue weighted by Gasteiger charge is -2.27. The van der Waals surface area contributed by atoms with E-state index in [0.29, 0.717) is 12.6 Å². The highest BCUT2D eigenvalue weighted by Gasteiger charge is 2.14. The molecule has 1 aromatic carbocycles. The Kier molecular flexibility index (Phi) is 6.68. The van der Waals surface area contributed by atoms with Gasteiger partial charge in [0.1, 0.15) is 0 Å². The normalized spacial score (nSPS) is 12.5. The Bertz CT molecular complexity index is 371. The van der Waals surface area contributed by atoms with Crippen LogP contribution in [0.25, 0.3) is 0 Å². The van der Waals surface area contributed by atoms with E-state index in [1.165, 1.54) is 11.3 Å². The van der Waals surface area contributed by atoms with Crippen LogP contribution in [0.5, 0.6) is 0 Å². The predicted molar refractivity (Wildman–Crippen MR) is 81.2 cm³/mol. The number of hydrogen-bond acceptors (Lipinski definition) is 3. The number of rotatable bonds is 7. The summed E-state index contributed by atoms with van der Waals surface area (Å²) in [6, 6.07) is 6.65. The number of aliphatic hydroxyl groups excluding tert-OH is 1. The molecule has 18 heavy (non-hydrogen) atoms. The van der Waals surface area contributed by atoms with Crippen molar-refractivity contribution >= 4 is 21.6 Å². The van der Waals surface area contributed by atoms with E-state index in [1.807, 2.05) is 0 Å².